The van der Waals surface area contributed by atoms with Gasteiger partial charge in [0.2, 0.25) is 0 Å². The summed E-state index contributed by atoms with van der Waals surface area (Å²) in [4.78, 5) is 14.3. The molecule has 22 heavy (non-hydrogen) atoms. The summed E-state index contributed by atoms with van der Waals surface area (Å²) >= 11 is 6.02. The summed E-state index contributed by atoms with van der Waals surface area (Å²) in [6, 6.07) is 12.4. The van der Waals surface area contributed by atoms with Crippen LogP contribution in [0.15, 0.2) is 42.5 Å². The molecule has 0 heterocycles. The van der Waals surface area contributed by atoms with Crippen LogP contribution in [0.1, 0.15) is 17.3 Å². The van der Waals surface area contributed by atoms with Crippen molar-refractivity contribution in [2.45, 2.75) is 6.92 Å². The fraction of sp³-hybridized carbons (Fsp3) is 0.235. The molecule has 1 amide bonds. The van der Waals surface area contributed by atoms with E-state index in [4.69, 9.17) is 16.3 Å². The number of carbonyl (C=O) groups is 1. The summed E-state index contributed by atoms with van der Waals surface area (Å²) in [5.41, 5.74) is 2.13. The predicted molar refractivity (Wildman–Crippen MR) is 91.3 cm³/mol. The second-order valence-corrected chi connectivity index (χ2v) is 5.40. The van der Waals surface area contributed by atoms with Gasteiger partial charge in [0.05, 0.1) is 18.0 Å². The lowest BCUT2D eigenvalue weighted by molar-refractivity contribution is 0.102. The average Bonchev–Trinajstić information content (AvgIpc) is 2.48. The first-order valence-corrected chi connectivity index (χ1v) is 7.40. The van der Waals surface area contributed by atoms with Crippen LogP contribution in [0, 0.1) is 0 Å². The number of halogens is 1. The van der Waals surface area contributed by atoms with Gasteiger partial charge >= 0.3 is 0 Å². The monoisotopic (exact) mass is 318 g/mol. The van der Waals surface area contributed by atoms with E-state index < -0.39 is 0 Å². The van der Waals surface area contributed by atoms with Crippen LogP contribution in [-0.2, 0) is 0 Å². The fourth-order valence-electron chi connectivity index (χ4n) is 2.06. The Hall–Kier alpha value is -2.20. The standard InChI is InChI=1S/C17H19ClN2O2/c1-4-22-14-8-5-12(6-9-14)17(21)19-15-11-13(18)7-10-16(15)20(2)3/h5-11H,4H2,1-3H3,(H,19,21). The molecule has 116 valence electrons. The minimum atomic E-state index is -0.187. The number of hydrogen-bond acceptors (Lipinski definition) is 3. The molecule has 0 fully saturated rings. The maximum atomic E-state index is 12.4. The first-order chi connectivity index (χ1) is 10.5. The van der Waals surface area contributed by atoms with Gasteiger partial charge in [-0.3, -0.25) is 4.79 Å². The van der Waals surface area contributed by atoms with Crippen LogP contribution in [-0.4, -0.2) is 26.6 Å². The minimum Gasteiger partial charge on any atom is -0.494 e. The lowest BCUT2D eigenvalue weighted by atomic mass is 10.2. The topological polar surface area (TPSA) is 41.6 Å². The van der Waals surface area contributed by atoms with Gasteiger partial charge in [-0.15, -0.1) is 0 Å². The van der Waals surface area contributed by atoms with E-state index in [0.29, 0.717) is 22.9 Å². The predicted octanol–water partition coefficient (Wildman–Crippen LogP) is 4.06. The highest BCUT2D eigenvalue weighted by Crippen LogP contribution is 2.28. The van der Waals surface area contributed by atoms with E-state index in [9.17, 15) is 4.79 Å². The van der Waals surface area contributed by atoms with Gasteiger partial charge in [-0.1, -0.05) is 11.6 Å². The molecule has 0 bridgehead atoms. The summed E-state index contributed by atoms with van der Waals surface area (Å²) in [5, 5.41) is 3.47. The van der Waals surface area contributed by atoms with Crippen LogP contribution < -0.4 is 15.0 Å². The number of anilines is 2. The summed E-state index contributed by atoms with van der Waals surface area (Å²) in [7, 11) is 3.82. The number of rotatable bonds is 5. The Kier molecular flexibility index (Phi) is 5.28. The van der Waals surface area contributed by atoms with Gasteiger partial charge in [0.1, 0.15) is 5.75 Å². The van der Waals surface area contributed by atoms with Gasteiger partial charge in [-0.05, 0) is 49.4 Å². The molecule has 0 unspecified atom stereocenters. The molecule has 1 N–H and O–H groups in total. The average molecular weight is 319 g/mol. The number of carbonyl (C=O) groups excluding carboxylic acids is 1. The quantitative estimate of drug-likeness (QED) is 0.904. The summed E-state index contributed by atoms with van der Waals surface area (Å²) in [6.07, 6.45) is 0. The molecular weight excluding hydrogens is 300 g/mol. The van der Waals surface area contributed by atoms with Crippen LogP contribution in [0.3, 0.4) is 0 Å². The Morgan fingerprint density at radius 3 is 2.45 bits per heavy atom. The SMILES string of the molecule is CCOc1ccc(C(=O)Nc2cc(Cl)ccc2N(C)C)cc1. The lowest BCUT2D eigenvalue weighted by Gasteiger charge is -2.18. The smallest absolute Gasteiger partial charge is 0.255 e. The molecule has 0 saturated heterocycles. The molecule has 0 atom stereocenters. The van der Waals surface area contributed by atoms with Crippen molar-refractivity contribution in [3.8, 4) is 5.75 Å². The normalized spacial score (nSPS) is 10.2. The molecule has 4 nitrogen and oxygen atoms in total. The Morgan fingerprint density at radius 1 is 1.18 bits per heavy atom. The Balaban J connectivity index is 2.19. The summed E-state index contributed by atoms with van der Waals surface area (Å²) in [5.74, 6) is 0.559. The molecule has 0 aliphatic rings. The van der Waals surface area contributed by atoms with Crippen LogP contribution >= 0.6 is 11.6 Å². The third kappa shape index (κ3) is 3.92. The lowest BCUT2D eigenvalue weighted by Crippen LogP contribution is -2.16. The molecule has 2 aromatic rings. The van der Waals surface area contributed by atoms with Gasteiger partial charge in [0, 0.05) is 24.7 Å². The molecule has 0 aromatic heterocycles. The number of benzene rings is 2. The highest BCUT2D eigenvalue weighted by molar-refractivity contribution is 6.31. The second-order valence-electron chi connectivity index (χ2n) is 4.97. The Morgan fingerprint density at radius 2 is 1.86 bits per heavy atom. The number of nitrogens with zero attached hydrogens (tertiary/aromatic N) is 1. The second kappa shape index (κ2) is 7.18. The highest BCUT2D eigenvalue weighted by Gasteiger charge is 2.11. The van der Waals surface area contributed by atoms with Gasteiger partial charge in [-0.25, -0.2) is 0 Å². The molecule has 0 radical (unpaired) electrons. The van der Waals surface area contributed by atoms with Crippen molar-refractivity contribution in [1.29, 1.82) is 0 Å². The van der Waals surface area contributed by atoms with E-state index in [-0.39, 0.29) is 5.91 Å². The third-order valence-corrected chi connectivity index (χ3v) is 3.35. The number of nitrogens with one attached hydrogen (secondary N) is 1. The van der Waals surface area contributed by atoms with Crippen LogP contribution in [0.5, 0.6) is 5.75 Å². The Bertz CT molecular complexity index is 654. The van der Waals surface area contributed by atoms with Gasteiger partial charge < -0.3 is 15.0 Å². The first kappa shape index (κ1) is 16.2. The van der Waals surface area contributed by atoms with Crippen molar-refractivity contribution < 1.29 is 9.53 Å². The van der Waals surface area contributed by atoms with E-state index in [2.05, 4.69) is 5.32 Å². The largest absolute Gasteiger partial charge is 0.494 e. The van der Waals surface area contributed by atoms with E-state index >= 15 is 0 Å². The zero-order chi connectivity index (χ0) is 16.1. The van der Waals surface area contributed by atoms with Crippen molar-refractivity contribution in [1.82, 2.24) is 0 Å². The Labute approximate surface area is 135 Å². The van der Waals surface area contributed by atoms with Crippen molar-refractivity contribution in [2.75, 3.05) is 30.9 Å². The molecule has 0 saturated carbocycles. The fourth-order valence-corrected chi connectivity index (χ4v) is 2.23. The number of ether oxygens (including phenoxy) is 1. The van der Waals surface area contributed by atoms with Crippen molar-refractivity contribution in [3.05, 3.63) is 53.1 Å². The van der Waals surface area contributed by atoms with Crippen LogP contribution in [0.25, 0.3) is 0 Å². The van der Waals surface area contributed by atoms with E-state index in [1.54, 1.807) is 36.4 Å². The number of amides is 1. The van der Waals surface area contributed by atoms with Gasteiger partial charge in [-0.2, -0.15) is 0 Å². The molecule has 0 spiro atoms. The van der Waals surface area contributed by atoms with E-state index in [1.165, 1.54) is 0 Å². The zero-order valence-electron chi connectivity index (χ0n) is 12.9. The summed E-state index contributed by atoms with van der Waals surface area (Å²) < 4.78 is 5.37. The molecule has 2 rings (SSSR count). The van der Waals surface area contributed by atoms with Crippen LogP contribution in [0.4, 0.5) is 11.4 Å². The van der Waals surface area contributed by atoms with Crippen molar-refractivity contribution >= 4 is 28.9 Å². The first-order valence-electron chi connectivity index (χ1n) is 7.02. The summed E-state index contributed by atoms with van der Waals surface area (Å²) in [6.45, 7) is 2.52. The maximum absolute atomic E-state index is 12.4. The number of hydrogen-bond donors (Lipinski definition) is 1. The third-order valence-electron chi connectivity index (χ3n) is 3.12. The molecular formula is C17H19ClN2O2. The maximum Gasteiger partial charge on any atom is 0.255 e. The zero-order valence-corrected chi connectivity index (χ0v) is 13.6. The molecule has 2 aromatic carbocycles. The molecule has 0 aliphatic carbocycles. The minimum absolute atomic E-state index is 0.187. The van der Waals surface area contributed by atoms with E-state index in [0.717, 1.165) is 11.4 Å². The van der Waals surface area contributed by atoms with Crippen molar-refractivity contribution in [3.63, 3.8) is 0 Å². The van der Waals surface area contributed by atoms with Gasteiger partial charge in [0.15, 0.2) is 0 Å². The molecule has 5 heteroatoms. The van der Waals surface area contributed by atoms with Gasteiger partial charge in [0.25, 0.3) is 5.91 Å². The van der Waals surface area contributed by atoms with E-state index in [1.807, 2.05) is 32.0 Å². The molecule has 0 aliphatic heterocycles. The highest BCUT2D eigenvalue weighted by atomic mass is 35.5. The van der Waals surface area contributed by atoms with Crippen molar-refractivity contribution in [2.24, 2.45) is 0 Å². The van der Waals surface area contributed by atoms with Crippen LogP contribution in [0.2, 0.25) is 5.02 Å².